The van der Waals surface area contributed by atoms with E-state index < -0.39 is 0 Å². The minimum Gasteiger partial charge on any atom is -0.143 e. The predicted molar refractivity (Wildman–Crippen MR) is 56.5 cm³/mol. The number of benzene rings is 1. The van der Waals surface area contributed by atoms with Gasteiger partial charge >= 0.3 is 0 Å². The number of rotatable bonds is 1. The van der Waals surface area contributed by atoms with E-state index in [9.17, 15) is 0 Å². The van der Waals surface area contributed by atoms with Crippen molar-refractivity contribution in [1.29, 1.82) is 0 Å². The molecular formula is C6H7PS3. The molecule has 0 N–H and O–H groups in total. The van der Waals surface area contributed by atoms with Gasteiger partial charge in [-0.3, -0.25) is 0 Å². The Morgan fingerprint density at radius 1 is 1.30 bits per heavy atom. The van der Waals surface area contributed by atoms with Gasteiger partial charge in [-0.2, -0.15) is 0 Å². The van der Waals surface area contributed by atoms with Crippen LogP contribution in [-0.4, -0.2) is 0 Å². The van der Waals surface area contributed by atoms with Crippen molar-refractivity contribution in [3.8, 4) is 0 Å². The van der Waals surface area contributed by atoms with Gasteiger partial charge in [-0.15, -0.1) is 36.6 Å². The first-order valence-corrected chi connectivity index (χ1v) is 5.81. The predicted octanol–water partition coefficient (Wildman–Crippen LogP) is 3.15. The molecule has 0 amide bonds. The SMILES string of the molecule is PSc1cc(S)ccc1S. The van der Waals surface area contributed by atoms with Crippen LogP contribution in [0.1, 0.15) is 0 Å². The first-order chi connectivity index (χ1) is 4.74. The minimum absolute atomic E-state index is 0.975. The van der Waals surface area contributed by atoms with Crippen molar-refractivity contribution in [1.82, 2.24) is 0 Å². The van der Waals surface area contributed by atoms with Gasteiger partial charge in [0, 0.05) is 14.7 Å². The van der Waals surface area contributed by atoms with Crippen LogP contribution >= 0.6 is 45.1 Å². The average molecular weight is 206 g/mol. The van der Waals surface area contributed by atoms with Gasteiger partial charge in [0.25, 0.3) is 0 Å². The van der Waals surface area contributed by atoms with E-state index in [1.165, 1.54) is 0 Å². The molecule has 1 unspecified atom stereocenters. The first-order valence-electron chi connectivity index (χ1n) is 2.63. The van der Waals surface area contributed by atoms with Crippen LogP contribution < -0.4 is 0 Å². The zero-order chi connectivity index (χ0) is 7.56. The molecule has 0 bridgehead atoms. The van der Waals surface area contributed by atoms with Gasteiger partial charge in [-0.1, -0.05) is 8.44 Å². The first kappa shape index (κ1) is 8.79. The second kappa shape index (κ2) is 3.91. The summed E-state index contributed by atoms with van der Waals surface area (Å²) in [6.45, 7) is 0. The van der Waals surface area contributed by atoms with Crippen LogP contribution in [0.5, 0.6) is 0 Å². The standard InChI is InChI=1S/C6H7PS3/c7-10-6-3-4(8)1-2-5(6)9/h1-3,8-9H,7H2. The molecule has 1 rings (SSSR count). The molecule has 1 aromatic rings. The summed E-state index contributed by atoms with van der Waals surface area (Å²) in [7, 11) is 2.58. The van der Waals surface area contributed by atoms with Crippen molar-refractivity contribution in [2.75, 3.05) is 0 Å². The largest absolute Gasteiger partial charge is 0.143 e. The van der Waals surface area contributed by atoms with Crippen LogP contribution in [0.3, 0.4) is 0 Å². The van der Waals surface area contributed by atoms with E-state index in [1.54, 1.807) is 11.4 Å². The monoisotopic (exact) mass is 206 g/mol. The normalized spacial score (nSPS) is 9.90. The Morgan fingerprint density at radius 3 is 2.50 bits per heavy atom. The summed E-state index contributed by atoms with van der Waals surface area (Å²) in [6, 6.07) is 5.86. The summed E-state index contributed by atoms with van der Waals surface area (Å²) in [4.78, 5) is 3.11. The van der Waals surface area contributed by atoms with Crippen LogP contribution in [0.15, 0.2) is 32.9 Å². The van der Waals surface area contributed by atoms with Crippen LogP contribution in [0.4, 0.5) is 0 Å². The fourth-order valence-corrected chi connectivity index (χ4v) is 2.45. The van der Waals surface area contributed by atoms with Gasteiger partial charge < -0.3 is 0 Å². The van der Waals surface area contributed by atoms with Crippen molar-refractivity contribution >= 4 is 45.1 Å². The lowest BCUT2D eigenvalue weighted by molar-refractivity contribution is 1.20. The molecule has 0 spiro atoms. The molecule has 0 aromatic heterocycles. The molecule has 1 aromatic carbocycles. The summed E-state index contributed by atoms with van der Waals surface area (Å²) >= 11 is 10.1. The van der Waals surface area contributed by atoms with Crippen LogP contribution in [0.25, 0.3) is 0 Å². The van der Waals surface area contributed by atoms with Crippen molar-refractivity contribution in [2.45, 2.75) is 14.7 Å². The highest BCUT2D eigenvalue weighted by Gasteiger charge is 1.95. The van der Waals surface area contributed by atoms with Crippen LogP contribution in [0, 0.1) is 0 Å². The molecule has 10 heavy (non-hydrogen) atoms. The van der Waals surface area contributed by atoms with Crippen LogP contribution in [0.2, 0.25) is 0 Å². The number of thiol groups is 2. The Balaban J connectivity index is 3.09. The lowest BCUT2D eigenvalue weighted by Gasteiger charge is -2.00. The third-order valence-corrected chi connectivity index (χ3v) is 3.24. The van der Waals surface area contributed by atoms with E-state index in [0.717, 1.165) is 14.7 Å². The lowest BCUT2D eigenvalue weighted by Crippen LogP contribution is -1.71. The minimum atomic E-state index is 0.975. The topological polar surface area (TPSA) is 0 Å². The second-order valence-corrected chi connectivity index (χ2v) is 4.15. The maximum atomic E-state index is 4.26. The molecule has 0 radical (unpaired) electrons. The maximum absolute atomic E-state index is 4.26. The van der Waals surface area contributed by atoms with Gasteiger partial charge in [0.2, 0.25) is 0 Å². The summed E-state index contributed by atoms with van der Waals surface area (Å²) in [5.41, 5.74) is 0. The van der Waals surface area contributed by atoms with Gasteiger partial charge in [0.15, 0.2) is 0 Å². The van der Waals surface area contributed by atoms with Crippen molar-refractivity contribution in [2.24, 2.45) is 0 Å². The maximum Gasteiger partial charge on any atom is 0.0255 e. The average Bonchev–Trinajstić information content (AvgIpc) is 1.94. The van der Waals surface area contributed by atoms with Gasteiger partial charge in [0.05, 0.1) is 0 Å². The molecule has 0 aliphatic heterocycles. The Labute approximate surface area is 77.9 Å². The summed E-state index contributed by atoms with van der Waals surface area (Å²) in [5, 5.41) is 0. The molecule has 0 aliphatic rings. The Hall–Kier alpha value is 0.700. The quantitative estimate of drug-likeness (QED) is 0.526. The highest BCUT2D eigenvalue weighted by molar-refractivity contribution is 8.43. The Kier molecular flexibility index (Phi) is 3.44. The molecule has 0 saturated heterocycles. The van der Waals surface area contributed by atoms with Crippen molar-refractivity contribution in [3.63, 3.8) is 0 Å². The van der Waals surface area contributed by atoms with E-state index in [2.05, 4.69) is 33.7 Å². The molecule has 1 atom stereocenters. The Bertz CT molecular complexity index is 236. The van der Waals surface area contributed by atoms with E-state index in [1.807, 2.05) is 18.2 Å². The lowest BCUT2D eigenvalue weighted by atomic mass is 10.4. The fourth-order valence-electron chi connectivity index (χ4n) is 0.597. The second-order valence-electron chi connectivity index (χ2n) is 1.77. The number of hydrogen-bond donors (Lipinski definition) is 2. The molecule has 0 heterocycles. The number of hydrogen-bond acceptors (Lipinski definition) is 3. The van der Waals surface area contributed by atoms with Crippen molar-refractivity contribution in [3.05, 3.63) is 18.2 Å². The molecule has 0 nitrogen and oxygen atoms in total. The van der Waals surface area contributed by atoms with Gasteiger partial charge in [-0.25, -0.2) is 0 Å². The molecule has 0 aliphatic carbocycles. The molecule has 4 heteroatoms. The van der Waals surface area contributed by atoms with Gasteiger partial charge in [0.1, 0.15) is 0 Å². The molecule has 54 valence electrons. The third kappa shape index (κ3) is 2.09. The summed E-state index contributed by atoms with van der Waals surface area (Å²) < 4.78 is 0. The fraction of sp³-hybridized carbons (Fsp3) is 0. The highest BCUT2D eigenvalue weighted by atomic mass is 32.7. The van der Waals surface area contributed by atoms with E-state index in [0.29, 0.717) is 0 Å². The summed E-state index contributed by atoms with van der Waals surface area (Å²) in [6.07, 6.45) is 0. The summed E-state index contributed by atoms with van der Waals surface area (Å²) in [5.74, 6) is 0. The third-order valence-electron chi connectivity index (χ3n) is 1.07. The van der Waals surface area contributed by atoms with E-state index in [-0.39, 0.29) is 0 Å². The van der Waals surface area contributed by atoms with E-state index >= 15 is 0 Å². The zero-order valence-electron chi connectivity index (χ0n) is 5.11. The van der Waals surface area contributed by atoms with Crippen molar-refractivity contribution < 1.29 is 0 Å². The van der Waals surface area contributed by atoms with Gasteiger partial charge in [-0.05, 0) is 18.2 Å². The highest BCUT2D eigenvalue weighted by Crippen LogP contribution is 2.31. The van der Waals surface area contributed by atoms with Crippen LogP contribution in [-0.2, 0) is 0 Å². The Morgan fingerprint density at radius 2 is 2.00 bits per heavy atom. The molecule has 0 saturated carbocycles. The zero-order valence-corrected chi connectivity index (χ0v) is 8.87. The molecule has 0 fully saturated rings. The smallest absolute Gasteiger partial charge is 0.0255 e. The molecular weight excluding hydrogens is 199 g/mol. The van der Waals surface area contributed by atoms with E-state index in [4.69, 9.17) is 0 Å².